The van der Waals surface area contributed by atoms with Gasteiger partial charge in [0.1, 0.15) is 0 Å². The highest BCUT2D eigenvalue weighted by atomic mass is 35.5. The van der Waals surface area contributed by atoms with Crippen molar-refractivity contribution < 1.29 is 18.0 Å². The quantitative estimate of drug-likeness (QED) is 0.674. The maximum absolute atomic E-state index is 12.0. The molecular formula is C10H9Cl2F3O. The van der Waals surface area contributed by atoms with Gasteiger partial charge in [0.05, 0.1) is 0 Å². The smallest absolute Gasteiger partial charge is 0.284 e. The highest BCUT2D eigenvalue weighted by molar-refractivity contribution is 6.35. The van der Waals surface area contributed by atoms with Crippen LogP contribution in [0.15, 0.2) is 18.2 Å². The van der Waals surface area contributed by atoms with Gasteiger partial charge in [-0.1, -0.05) is 37.0 Å². The molecule has 6 heteroatoms. The van der Waals surface area contributed by atoms with Crippen molar-refractivity contribution in [3.05, 3.63) is 33.8 Å². The molecule has 1 aromatic carbocycles. The minimum atomic E-state index is -4.91. The molecule has 0 aromatic heterocycles. The third-order valence-corrected chi connectivity index (χ3v) is 1.82. The molecule has 1 aromatic rings. The van der Waals surface area contributed by atoms with Gasteiger partial charge in [-0.15, -0.1) is 0 Å². The minimum absolute atomic E-state index is 0.00917. The highest BCUT2D eigenvalue weighted by Crippen LogP contribution is 2.25. The Morgan fingerprint density at radius 1 is 1.06 bits per heavy atom. The van der Waals surface area contributed by atoms with E-state index >= 15 is 0 Å². The topological polar surface area (TPSA) is 17.1 Å². The van der Waals surface area contributed by atoms with Crippen molar-refractivity contribution in [1.82, 2.24) is 0 Å². The third-order valence-electron chi connectivity index (χ3n) is 1.38. The second-order valence-electron chi connectivity index (χ2n) is 2.49. The van der Waals surface area contributed by atoms with Gasteiger partial charge in [0, 0.05) is 15.6 Å². The van der Waals surface area contributed by atoms with E-state index in [1.54, 1.807) is 0 Å². The first kappa shape index (κ1) is 15.3. The van der Waals surface area contributed by atoms with Crippen LogP contribution in [0.25, 0.3) is 0 Å². The second kappa shape index (κ2) is 6.11. The Balaban J connectivity index is 0.00000106. The largest absolute Gasteiger partial charge is 0.454 e. The molecule has 0 radical (unpaired) electrons. The molecule has 0 saturated carbocycles. The van der Waals surface area contributed by atoms with Crippen LogP contribution >= 0.6 is 23.2 Å². The summed E-state index contributed by atoms with van der Waals surface area (Å²) in [5, 5.41) is -0.0183. The Labute approximate surface area is 101 Å². The molecule has 1 rings (SSSR count). The number of ketones is 1. The normalized spacial score (nSPS) is 10.4. The Bertz CT molecular complexity index is 355. The second-order valence-corrected chi connectivity index (χ2v) is 3.36. The van der Waals surface area contributed by atoms with Crippen LogP contribution in [-0.4, -0.2) is 12.0 Å². The van der Waals surface area contributed by atoms with Crippen LogP contribution in [0.4, 0.5) is 13.2 Å². The summed E-state index contributed by atoms with van der Waals surface area (Å²) in [5.41, 5.74) is -0.560. The van der Waals surface area contributed by atoms with Crippen molar-refractivity contribution in [2.45, 2.75) is 20.0 Å². The number of hydrogen-bond acceptors (Lipinski definition) is 1. The standard InChI is InChI=1S/C8H3Cl2F3O.C2H6/c9-5-1-4(2-6(10)3-5)7(14)8(11,12)13;1-2/h1-3H;1-2H3. The summed E-state index contributed by atoms with van der Waals surface area (Å²) < 4.78 is 35.9. The molecule has 0 fully saturated rings. The summed E-state index contributed by atoms with van der Waals surface area (Å²) in [7, 11) is 0. The van der Waals surface area contributed by atoms with Gasteiger partial charge in [-0.25, -0.2) is 0 Å². The molecule has 0 saturated heterocycles. The van der Waals surface area contributed by atoms with E-state index in [1.807, 2.05) is 13.8 Å². The van der Waals surface area contributed by atoms with Crippen LogP contribution in [0.2, 0.25) is 10.0 Å². The van der Waals surface area contributed by atoms with E-state index in [-0.39, 0.29) is 10.0 Å². The SMILES string of the molecule is CC.O=C(c1cc(Cl)cc(Cl)c1)C(F)(F)F. The number of Topliss-reactive ketones (excluding diaryl/α,β-unsaturated/α-hetero) is 1. The molecule has 0 aliphatic rings. The van der Waals surface area contributed by atoms with Crippen LogP contribution in [0, 0.1) is 0 Å². The zero-order valence-electron chi connectivity index (χ0n) is 8.53. The van der Waals surface area contributed by atoms with Crippen molar-refractivity contribution >= 4 is 29.0 Å². The van der Waals surface area contributed by atoms with Gasteiger partial charge in [0.2, 0.25) is 0 Å². The molecule has 16 heavy (non-hydrogen) atoms. The zero-order valence-corrected chi connectivity index (χ0v) is 10.0. The zero-order chi connectivity index (χ0) is 12.9. The summed E-state index contributed by atoms with van der Waals surface area (Å²) in [4.78, 5) is 10.7. The molecule has 0 aliphatic carbocycles. The van der Waals surface area contributed by atoms with Crippen molar-refractivity contribution in [3.63, 3.8) is 0 Å². The summed E-state index contributed by atoms with van der Waals surface area (Å²) in [6, 6.07) is 3.09. The summed E-state index contributed by atoms with van der Waals surface area (Å²) in [5.74, 6) is -1.96. The predicted octanol–water partition coefficient (Wildman–Crippen LogP) is 4.76. The number of carbonyl (C=O) groups excluding carboxylic acids is 1. The van der Waals surface area contributed by atoms with Crippen LogP contribution in [0.3, 0.4) is 0 Å². The highest BCUT2D eigenvalue weighted by Gasteiger charge is 2.39. The van der Waals surface area contributed by atoms with E-state index in [0.717, 1.165) is 12.1 Å². The molecule has 0 N–H and O–H groups in total. The van der Waals surface area contributed by atoms with Crippen LogP contribution in [0.1, 0.15) is 24.2 Å². The summed E-state index contributed by atoms with van der Waals surface area (Å²) in [6.07, 6.45) is -4.91. The van der Waals surface area contributed by atoms with Crippen molar-refractivity contribution in [2.75, 3.05) is 0 Å². The summed E-state index contributed by atoms with van der Waals surface area (Å²) >= 11 is 10.9. The van der Waals surface area contributed by atoms with Gasteiger partial charge >= 0.3 is 6.18 Å². The molecule has 90 valence electrons. The number of hydrogen-bond donors (Lipinski definition) is 0. The third kappa shape index (κ3) is 4.41. The minimum Gasteiger partial charge on any atom is -0.284 e. The van der Waals surface area contributed by atoms with E-state index < -0.39 is 17.5 Å². The van der Waals surface area contributed by atoms with Crippen LogP contribution in [-0.2, 0) is 0 Å². The lowest BCUT2D eigenvalue weighted by Crippen LogP contribution is -2.22. The van der Waals surface area contributed by atoms with Crippen LogP contribution < -0.4 is 0 Å². The molecule has 0 heterocycles. The molecular weight excluding hydrogens is 264 g/mol. The van der Waals surface area contributed by atoms with Gasteiger partial charge < -0.3 is 0 Å². The summed E-state index contributed by atoms with van der Waals surface area (Å²) in [6.45, 7) is 4.00. The number of alkyl halides is 3. The fourth-order valence-corrected chi connectivity index (χ4v) is 1.37. The maximum Gasteiger partial charge on any atom is 0.454 e. The lowest BCUT2D eigenvalue weighted by molar-refractivity contribution is -0.0885. The van der Waals surface area contributed by atoms with E-state index in [9.17, 15) is 18.0 Å². The number of benzene rings is 1. The predicted molar refractivity (Wildman–Crippen MR) is 58.2 cm³/mol. The first-order valence-corrected chi connectivity index (χ1v) is 5.14. The first-order chi connectivity index (χ1) is 7.30. The molecule has 0 spiro atoms. The van der Waals surface area contributed by atoms with Gasteiger partial charge in [0.25, 0.3) is 5.78 Å². The fraction of sp³-hybridized carbons (Fsp3) is 0.300. The van der Waals surface area contributed by atoms with E-state index in [4.69, 9.17) is 23.2 Å². The van der Waals surface area contributed by atoms with Gasteiger partial charge in [-0.3, -0.25) is 4.79 Å². The van der Waals surface area contributed by atoms with E-state index in [2.05, 4.69) is 0 Å². The molecule has 0 amide bonds. The molecule has 0 unspecified atom stereocenters. The van der Waals surface area contributed by atoms with Crippen molar-refractivity contribution in [1.29, 1.82) is 0 Å². The number of halogens is 5. The average Bonchev–Trinajstić information content (AvgIpc) is 2.17. The average molecular weight is 273 g/mol. The lowest BCUT2D eigenvalue weighted by Gasteiger charge is -2.05. The van der Waals surface area contributed by atoms with Crippen LogP contribution in [0.5, 0.6) is 0 Å². The van der Waals surface area contributed by atoms with Gasteiger partial charge in [0.15, 0.2) is 0 Å². The molecule has 0 bridgehead atoms. The van der Waals surface area contributed by atoms with E-state index in [1.165, 1.54) is 6.07 Å². The van der Waals surface area contributed by atoms with Gasteiger partial charge in [-0.05, 0) is 18.2 Å². The molecule has 0 atom stereocenters. The Hall–Kier alpha value is -0.740. The Morgan fingerprint density at radius 2 is 1.44 bits per heavy atom. The van der Waals surface area contributed by atoms with Gasteiger partial charge in [-0.2, -0.15) is 13.2 Å². The fourth-order valence-electron chi connectivity index (χ4n) is 0.849. The molecule has 1 nitrogen and oxygen atoms in total. The lowest BCUT2D eigenvalue weighted by atomic mass is 10.1. The van der Waals surface area contributed by atoms with Crippen molar-refractivity contribution in [2.24, 2.45) is 0 Å². The Morgan fingerprint density at radius 3 is 1.75 bits per heavy atom. The first-order valence-electron chi connectivity index (χ1n) is 4.38. The van der Waals surface area contributed by atoms with E-state index in [0.29, 0.717) is 0 Å². The number of carbonyl (C=O) groups is 1. The maximum atomic E-state index is 12.0. The Kier molecular flexibility index (Phi) is 5.83. The monoisotopic (exact) mass is 272 g/mol. The molecule has 0 aliphatic heterocycles. The van der Waals surface area contributed by atoms with Crippen molar-refractivity contribution in [3.8, 4) is 0 Å². The number of rotatable bonds is 1.